The second-order valence-corrected chi connectivity index (χ2v) is 7.05. The molecule has 1 aliphatic heterocycles. The van der Waals surface area contributed by atoms with Crippen molar-refractivity contribution in [2.24, 2.45) is 5.73 Å². The first-order chi connectivity index (χ1) is 8.00. The molecular formula is C11H15BrN2O2S. The Labute approximate surface area is 110 Å². The molecule has 0 amide bonds. The maximum Gasteiger partial charge on any atom is 0.243 e. The van der Waals surface area contributed by atoms with Gasteiger partial charge in [-0.2, -0.15) is 4.31 Å². The number of hydrogen-bond acceptors (Lipinski definition) is 3. The monoisotopic (exact) mass is 318 g/mol. The van der Waals surface area contributed by atoms with E-state index in [9.17, 15) is 8.42 Å². The van der Waals surface area contributed by atoms with Gasteiger partial charge in [0.25, 0.3) is 0 Å². The molecule has 0 aliphatic carbocycles. The summed E-state index contributed by atoms with van der Waals surface area (Å²) < 4.78 is 26.9. The highest BCUT2D eigenvalue weighted by molar-refractivity contribution is 9.10. The maximum absolute atomic E-state index is 12.3. The molecule has 94 valence electrons. The van der Waals surface area contributed by atoms with E-state index in [1.54, 1.807) is 18.2 Å². The minimum absolute atomic E-state index is 0.129. The molecule has 1 saturated heterocycles. The molecule has 2 N–H and O–H groups in total. The molecule has 1 heterocycles. The Bertz CT molecular complexity index is 496. The lowest BCUT2D eigenvalue weighted by Gasteiger charge is -2.29. The smallest absolute Gasteiger partial charge is 0.243 e. The van der Waals surface area contributed by atoms with Crippen molar-refractivity contribution in [1.29, 1.82) is 0 Å². The summed E-state index contributed by atoms with van der Waals surface area (Å²) in [7, 11) is -3.36. The summed E-state index contributed by atoms with van der Waals surface area (Å²) in [6, 6.07) is 6.92. The summed E-state index contributed by atoms with van der Waals surface area (Å²) in [5.41, 5.74) is 5.77. The van der Waals surface area contributed by atoms with E-state index < -0.39 is 10.0 Å². The normalized spacial score (nSPS) is 19.4. The fourth-order valence-electron chi connectivity index (χ4n) is 1.89. The van der Waals surface area contributed by atoms with E-state index in [1.807, 2.05) is 6.07 Å². The van der Waals surface area contributed by atoms with E-state index in [0.717, 1.165) is 17.3 Å². The summed E-state index contributed by atoms with van der Waals surface area (Å²) in [6.07, 6.45) is 1.46. The highest BCUT2D eigenvalue weighted by Crippen LogP contribution is 2.22. The molecule has 0 aromatic heterocycles. The number of piperidine rings is 1. The topological polar surface area (TPSA) is 63.4 Å². The van der Waals surface area contributed by atoms with Crippen LogP contribution >= 0.6 is 15.9 Å². The van der Waals surface area contributed by atoms with Crippen LogP contribution in [0, 0.1) is 0 Å². The summed E-state index contributed by atoms with van der Waals surface area (Å²) in [5.74, 6) is 0. The molecule has 0 atom stereocenters. The Kier molecular flexibility index (Phi) is 3.87. The van der Waals surface area contributed by atoms with Crippen LogP contribution in [0.2, 0.25) is 0 Å². The number of rotatable bonds is 2. The second-order valence-electron chi connectivity index (χ2n) is 4.20. The average Bonchev–Trinajstić information content (AvgIpc) is 2.29. The maximum atomic E-state index is 12.3. The lowest BCUT2D eigenvalue weighted by Crippen LogP contribution is -2.42. The van der Waals surface area contributed by atoms with E-state index in [4.69, 9.17) is 5.73 Å². The van der Waals surface area contributed by atoms with Gasteiger partial charge in [0, 0.05) is 23.6 Å². The fourth-order valence-corrected chi connectivity index (χ4v) is 3.96. The van der Waals surface area contributed by atoms with E-state index in [1.165, 1.54) is 4.31 Å². The Morgan fingerprint density at radius 1 is 1.29 bits per heavy atom. The van der Waals surface area contributed by atoms with Gasteiger partial charge in [0.1, 0.15) is 0 Å². The first-order valence-corrected chi connectivity index (χ1v) is 7.75. The van der Waals surface area contributed by atoms with E-state index in [0.29, 0.717) is 18.0 Å². The molecule has 17 heavy (non-hydrogen) atoms. The largest absolute Gasteiger partial charge is 0.328 e. The van der Waals surface area contributed by atoms with E-state index in [-0.39, 0.29) is 6.04 Å². The minimum Gasteiger partial charge on any atom is -0.328 e. The van der Waals surface area contributed by atoms with Crippen LogP contribution in [0.3, 0.4) is 0 Å². The van der Waals surface area contributed by atoms with Gasteiger partial charge in [-0.05, 0) is 31.0 Å². The summed E-state index contributed by atoms with van der Waals surface area (Å²) >= 11 is 3.29. The van der Waals surface area contributed by atoms with Gasteiger partial charge in [-0.15, -0.1) is 0 Å². The van der Waals surface area contributed by atoms with Crippen LogP contribution in [0.5, 0.6) is 0 Å². The lowest BCUT2D eigenvalue weighted by molar-refractivity contribution is 0.320. The number of benzene rings is 1. The lowest BCUT2D eigenvalue weighted by atomic mass is 10.1. The third kappa shape index (κ3) is 2.88. The molecule has 1 fully saturated rings. The Hall–Kier alpha value is -0.430. The first-order valence-electron chi connectivity index (χ1n) is 5.51. The van der Waals surface area contributed by atoms with Crippen molar-refractivity contribution < 1.29 is 8.42 Å². The van der Waals surface area contributed by atoms with Gasteiger partial charge in [0.15, 0.2) is 0 Å². The fraction of sp³-hybridized carbons (Fsp3) is 0.455. The number of sulfonamides is 1. The van der Waals surface area contributed by atoms with Crippen molar-refractivity contribution in [3.8, 4) is 0 Å². The molecule has 1 aliphatic rings. The second kappa shape index (κ2) is 5.06. The van der Waals surface area contributed by atoms with Crippen LogP contribution in [0.15, 0.2) is 33.6 Å². The number of hydrogen-bond donors (Lipinski definition) is 1. The summed E-state index contributed by atoms with van der Waals surface area (Å²) in [4.78, 5) is 0.336. The zero-order valence-electron chi connectivity index (χ0n) is 9.34. The molecular weight excluding hydrogens is 304 g/mol. The Morgan fingerprint density at radius 3 is 2.53 bits per heavy atom. The van der Waals surface area contributed by atoms with Gasteiger partial charge in [-0.25, -0.2) is 8.42 Å². The molecule has 0 radical (unpaired) electrons. The Balaban J connectivity index is 2.25. The van der Waals surface area contributed by atoms with Crippen LogP contribution < -0.4 is 5.73 Å². The van der Waals surface area contributed by atoms with Gasteiger partial charge < -0.3 is 5.73 Å². The van der Waals surface area contributed by atoms with E-state index >= 15 is 0 Å². The summed E-state index contributed by atoms with van der Waals surface area (Å²) in [5, 5.41) is 0. The van der Waals surface area contributed by atoms with E-state index in [2.05, 4.69) is 15.9 Å². The van der Waals surface area contributed by atoms with Crippen LogP contribution in [-0.4, -0.2) is 31.9 Å². The molecule has 0 unspecified atom stereocenters. The van der Waals surface area contributed by atoms with Crippen molar-refractivity contribution in [3.05, 3.63) is 28.7 Å². The molecule has 0 spiro atoms. The van der Waals surface area contributed by atoms with Gasteiger partial charge in [-0.1, -0.05) is 22.0 Å². The van der Waals surface area contributed by atoms with Gasteiger partial charge in [-0.3, -0.25) is 0 Å². The molecule has 0 bridgehead atoms. The number of nitrogens with two attached hydrogens (primary N) is 1. The minimum atomic E-state index is -3.36. The standard InChI is InChI=1S/C11H15BrN2O2S/c12-9-2-1-3-11(8-9)17(15,16)14-6-4-10(13)5-7-14/h1-3,8,10H,4-7,13H2. The first kappa shape index (κ1) is 13.0. The molecule has 4 nitrogen and oxygen atoms in total. The number of halogens is 1. The highest BCUT2D eigenvalue weighted by atomic mass is 79.9. The molecule has 0 saturated carbocycles. The molecule has 6 heteroatoms. The predicted molar refractivity (Wildman–Crippen MR) is 70.1 cm³/mol. The van der Waals surface area contributed by atoms with Gasteiger partial charge >= 0.3 is 0 Å². The quantitative estimate of drug-likeness (QED) is 0.900. The Morgan fingerprint density at radius 2 is 1.94 bits per heavy atom. The van der Waals surface area contributed by atoms with Crippen LogP contribution in [0.4, 0.5) is 0 Å². The molecule has 1 aromatic carbocycles. The third-order valence-electron chi connectivity index (χ3n) is 2.93. The molecule has 1 aromatic rings. The van der Waals surface area contributed by atoms with Crippen molar-refractivity contribution in [3.63, 3.8) is 0 Å². The summed E-state index contributed by atoms with van der Waals surface area (Å²) in [6.45, 7) is 1.02. The third-order valence-corrected chi connectivity index (χ3v) is 5.32. The van der Waals surface area contributed by atoms with Crippen LogP contribution in [0.25, 0.3) is 0 Å². The van der Waals surface area contributed by atoms with Gasteiger partial charge in [0.2, 0.25) is 10.0 Å². The average molecular weight is 319 g/mol. The van der Waals surface area contributed by atoms with Crippen molar-refractivity contribution in [2.45, 2.75) is 23.8 Å². The zero-order chi connectivity index (χ0) is 12.5. The highest BCUT2D eigenvalue weighted by Gasteiger charge is 2.28. The van der Waals surface area contributed by atoms with Crippen molar-refractivity contribution in [1.82, 2.24) is 4.31 Å². The predicted octanol–water partition coefficient (Wildman–Crippen LogP) is 1.56. The van der Waals surface area contributed by atoms with Crippen molar-refractivity contribution in [2.75, 3.05) is 13.1 Å². The van der Waals surface area contributed by atoms with Crippen molar-refractivity contribution >= 4 is 26.0 Å². The zero-order valence-corrected chi connectivity index (χ0v) is 11.7. The number of nitrogens with zero attached hydrogens (tertiary/aromatic N) is 1. The van der Waals surface area contributed by atoms with Crippen LogP contribution in [0.1, 0.15) is 12.8 Å². The van der Waals surface area contributed by atoms with Crippen LogP contribution in [-0.2, 0) is 10.0 Å². The SMILES string of the molecule is NC1CCN(S(=O)(=O)c2cccc(Br)c2)CC1. The van der Waals surface area contributed by atoms with Gasteiger partial charge in [0.05, 0.1) is 4.90 Å². The molecule has 2 rings (SSSR count).